The average Bonchev–Trinajstić information content (AvgIpc) is 2.54. The molecule has 138 valence electrons. The Hall–Kier alpha value is -1.68. The number of amides is 3. The fraction of sp³-hybridized carbons (Fsp3) is 0.467. The second-order valence-corrected chi connectivity index (χ2v) is 8.07. The SMILES string of the molecule is CC(C(=O)NC(N)=O)N1CCC(NS(=O)(=O)c2ccc(Cl)cc2)CC1. The number of nitrogens with one attached hydrogen (secondary N) is 2. The highest BCUT2D eigenvalue weighted by Gasteiger charge is 2.29. The standard InChI is InChI=1S/C15H21ClN4O4S/c1-10(14(21)18-15(17)22)20-8-6-12(7-9-20)19-25(23,24)13-4-2-11(16)3-5-13/h2-5,10,12,19H,6-9H2,1H3,(H3,17,18,21,22). The number of likely N-dealkylation sites (tertiary alicyclic amines) is 1. The Kier molecular flexibility index (Phi) is 6.39. The maximum atomic E-state index is 12.4. The summed E-state index contributed by atoms with van der Waals surface area (Å²) in [4.78, 5) is 24.6. The van der Waals surface area contributed by atoms with Crippen molar-refractivity contribution >= 4 is 33.6 Å². The lowest BCUT2D eigenvalue weighted by atomic mass is 10.0. The van der Waals surface area contributed by atoms with E-state index in [4.69, 9.17) is 17.3 Å². The van der Waals surface area contributed by atoms with E-state index in [2.05, 4.69) is 10.0 Å². The third kappa shape index (κ3) is 5.40. The monoisotopic (exact) mass is 388 g/mol. The first kappa shape index (κ1) is 19.6. The molecular formula is C15H21ClN4O4S. The van der Waals surface area contributed by atoms with Crippen molar-refractivity contribution < 1.29 is 18.0 Å². The predicted molar refractivity (Wildman–Crippen MR) is 93.6 cm³/mol. The number of nitrogens with two attached hydrogens (primary N) is 1. The van der Waals surface area contributed by atoms with Crippen molar-refractivity contribution in [3.8, 4) is 0 Å². The van der Waals surface area contributed by atoms with Crippen molar-refractivity contribution in [3.05, 3.63) is 29.3 Å². The molecule has 1 saturated heterocycles. The van der Waals surface area contributed by atoms with E-state index in [0.717, 1.165) is 0 Å². The largest absolute Gasteiger partial charge is 0.351 e. The lowest BCUT2D eigenvalue weighted by Gasteiger charge is -2.35. The van der Waals surface area contributed by atoms with E-state index in [1.54, 1.807) is 6.92 Å². The number of carbonyl (C=O) groups is 2. The van der Waals surface area contributed by atoms with Crippen LogP contribution in [0.25, 0.3) is 0 Å². The lowest BCUT2D eigenvalue weighted by molar-refractivity contribution is -0.125. The van der Waals surface area contributed by atoms with Crippen LogP contribution in [0.2, 0.25) is 5.02 Å². The molecule has 10 heteroatoms. The molecule has 1 heterocycles. The number of benzene rings is 1. The minimum atomic E-state index is -3.61. The maximum absolute atomic E-state index is 12.4. The third-order valence-electron chi connectivity index (χ3n) is 4.15. The van der Waals surface area contributed by atoms with Gasteiger partial charge in [0.1, 0.15) is 0 Å². The van der Waals surface area contributed by atoms with Gasteiger partial charge in [-0.05, 0) is 44.0 Å². The van der Waals surface area contributed by atoms with Crippen LogP contribution in [0.3, 0.4) is 0 Å². The van der Waals surface area contributed by atoms with E-state index in [1.807, 2.05) is 4.90 Å². The average molecular weight is 389 g/mol. The summed E-state index contributed by atoms with van der Waals surface area (Å²) in [5.41, 5.74) is 4.94. The molecule has 0 bridgehead atoms. The molecule has 0 aromatic heterocycles. The second-order valence-electron chi connectivity index (χ2n) is 5.91. The predicted octanol–water partition coefficient (Wildman–Crippen LogP) is 0.666. The Balaban J connectivity index is 1.90. The van der Waals surface area contributed by atoms with Crippen molar-refractivity contribution in [2.24, 2.45) is 5.73 Å². The smallest absolute Gasteiger partial charge is 0.318 e. The highest BCUT2D eigenvalue weighted by Crippen LogP contribution is 2.18. The Morgan fingerprint density at radius 1 is 1.24 bits per heavy atom. The molecule has 1 aliphatic heterocycles. The van der Waals surface area contributed by atoms with Crippen molar-refractivity contribution in [2.75, 3.05) is 13.1 Å². The van der Waals surface area contributed by atoms with E-state index in [0.29, 0.717) is 31.0 Å². The maximum Gasteiger partial charge on any atom is 0.318 e. The fourth-order valence-electron chi connectivity index (χ4n) is 2.70. The van der Waals surface area contributed by atoms with Gasteiger partial charge >= 0.3 is 6.03 Å². The molecule has 4 N–H and O–H groups in total. The van der Waals surface area contributed by atoms with Gasteiger partial charge in [-0.25, -0.2) is 17.9 Å². The number of halogens is 1. The number of rotatable bonds is 5. The second kappa shape index (κ2) is 8.13. The molecule has 1 atom stereocenters. The molecule has 8 nitrogen and oxygen atoms in total. The Labute approximate surface area is 151 Å². The van der Waals surface area contributed by atoms with E-state index in [-0.39, 0.29) is 10.9 Å². The van der Waals surface area contributed by atoms with Crippen LogP contribution in [0.4, 0.5) is 4.79 Å². The molecule has 0 radical (unpaired) electrons. The van der Waals surface area contributed by atoms with E-state index in [9.17, 15) is 18.0 Å². The zero-order valence-electron chi connectivity index (χ0n) is 13.7. The molecule has 1 unspecified atom stereocenters. The highest BCUT2D eigenvalue weighted by molar-refractivity contribution is 7.89. The van der Waals surface area contributed by atoms with Gasteiger partial charge in [-0.2, -0.15) is 0 Å². The molecule has 1 aliphatic rings. The fourth-order valence-corrected chi connectivity index (χ4v) is 4.13. The van der Waals surface area contributed by atoms with Crippen LogP contribution in [-0.2, 0) is 14.8 Å². The molecular weight excluding hydrogens is 368 g/mol. The normalized spacial score (nSPS) is 17.8. The van der Waals surface area contributed by atoms with Gasteiger partial charge in [0.15, 0.2) is 0 Å². The van der Waals surface area contributed by atoms with Crippen LogP contribution in [-0.4, -0.2) is 50.4 Å². The summed E-state index contributed by atoms with van der Waals surface area (Å²) in [6.07, 6.45) is 1.11. The van der Waals surface area contributed by atoms with Crippen LogP contribution >= 0.6 is 11.6 Å². The Bertz CT molecular complexity index is 730. The van der Waals surface area contributed by atoms with Crippen LogP contribution in [0.1, 0.15) is 19.8 Å². The van der Waals surface area contributed by atoms with Crippen molar-refractivity contribution in [3.63, 3.8) is 0 Å². The van der Waals surface area contributed by atoms with Gasteiger partial charge in [0.05, 0.1) is 10.9 Å². The number of carbonyl (C=O) groups excluding carboxylic acids is 2. The van der Waals surface area contributed by atoms with Gasteiger partial charge < -0.3 is 5.73 Å². The zero-order valence-corrected chi connectivity index (χ0v) is 15.3. The Morgan fingerprint density at radius 2 is 1.80 bits per heavy atom. The molecule has 0 spiro atoms. The summed E-state index contributed by atoms with van der Waals surface area (Å²) in [6.45, 7) is 2.73. The number of imide groups is 1. The van der Waals surface area contributed by atoms with Gasteiger partial charge in [0.25, 0.3) is 0 Å². The van der Waals surface area contributed by atoms with Crippen molar-refractivity contribution in [1.82, 2.24) is 14.9 Å². The van der Waals surface area contributed by atoms with Crippen molar-refractivity contribution in [1.29, 1.82) is 0 Å². The zero-order chi connectivity index (χ0) is 18.6. The number of nitrogens with zero attached hydrogens (tertiary/aromatic N) is 1. The summed E-state index contributed by atoms with van der Waals surface area (Å²) in [7, 11) is -3.61. The van der Waals surface area contributed by atoms with Crippen LogP contribution < -0.4 is 15.8 Å². The molecule has 0 saturated carbocycles. The minimum absolute atomic E-state index is 0.161. The molecule has 1 fully saturated rings. The van der Waals surface area contributed by atoms with Gasteiger partial charge in [0, 0.05) is 24.2 Å². The summed E-state index contributed by atoms with van der Waals surface area (Å²) in [5, 5.41) is 2.52. The molecule has 3 amide bonds. The van der Waals surface area contributed by atoms with Crippen molar-refractivity contribution in [2.45, 2.75) is 36.7 Å². The first-order valence-corrected chi connectivity index (χ1v) is 9.67. The molecule has 2 rings (SSSR count). The summed E-state index contributed by atoms with van der Waals surface area (Å²) in [6, 6.07) is 4.34. The number of primary amides is 1. The molecule has 1 aromatic carbocycles. The summed E-state index contributed by atoms with van der Waals surface area (Å²) >= 11 is 5.77. The molecule has 25 heavy (non-hydrogen) atoms. The van der Waals surface area contributed by atoms with E-state index < -0.39 is 28.0 Å². The number of hydrogen-bond donors (Lipinski definition) is 3. The quantitative estimate of drug-likeness (QED) is 0.684. The third-order valence-corrected chi connectivity index (χ3v) is 5.94. The number of hydrogen-bond acceptors (Lipinski definition) is 5. The van der Waals surface area contributed by atoms with Crippen LogP contribution in [0.15, 0.2) is 29.2 Å². The summed E-state index contributed by atoms with van der Waals surface area (Å²) in [5.74, 6) is -0.465. The van der Waals surface area contributed by atoms with E-state index in [1.165, 1.54) is 24.3 Å². The molecule has 0 aliphatic carbocycles. The topological polar surface area (TPSA) is 122 Å². The Morgan fingerprint density at radius 3 is 2.32 bits per heavy atom. The van der Waals surface area contributed by atoms with Crippen LogP contribution in [0.5, 0.6) is 0 Å². The van der Waals surface area contributed by atoms with Gasteiger partial charge in [-0.3, -0.25) is 15.0 Å². The lowest BCUT2D eigenvalue weighted by Crippen LogP contribution is -2.53. The number of sulfonamides is 1. The first-order valence-electron chi connectivity index (χ1n) is 7.81. The highest BCUT2D eigenvalue weighted by atomic mass is 35.5. The van der Waals surface area contributed by atoms with Gasteiger partial charge in [-0.1, -0.05) is 11.6 Å². The first-order chi connectivity index (χ1) is 11.7. The minimum Gasteiger partial charge on any atom is -0.351 e. The summed E-state index contributed by atoms with van der Waals surface area (Å²) < 4.78 is 27.4. The number of urea groups is 1. The van der Waals surface area contributed by atoms with Crippen LogP contribution in [0, 0.1) is 0 Å². The number of piperidine rings is 1. The van der Waals surface area contributed by atoms with E-state index >= 15 is 0 Å². The molecule has 1 aromatic rings. The van der Waals surface area contributed by atoms with Gasteiger partial charge in [0.2, 0.25) is 15.9 Å². The van der Waals surface area contributed by atoms with Gasteiger partial charge in [-0.15, -0.1) is 0 Å².